The maximum atomic E-state index is 12.7. The largest absolute Gasteiger partial charge is 0.349 e. The van der Waals surface area contributed by atoms with Gasteiger partial charge in [-0.25, -0.2) is 4.98 Å². The molecule has 1 aliphatic heterocycles. The molecule has 27 heavy (non-hydrogen) atoms. The fraction of sp³-hybridized carbons (Fsp3) is 0.286. The van der Waals surface area contributed by atoms with Crippen molar-refractivity contribution in [2.24, 2.45) is 0 Å². The zero-order valence-electron chi connectivity index (χ0n) is 15.3. The van der Waals surface area contributed by atoms with Crippen LogP contribution in [-0.2, 0) is 0 Å². The molecule has 3 heterocycles. The molecule has 1 saturated heterocycles. The van der Waals surface area contributed by atoms with E-state index in [2.05, 4.69) is 39.2 Å². The number of pyridine rings is 1. The van der Waals surface area contributed by atoms with E-state index in [-0.39, 0.29) is 11.9 Å². The zero-order chi connectivity index (χ0) is 18.6. The first-order valence-corrected chi connectivity index (χ1v) is 10.0. The van der Waals surface area contributed by atoms with Gasteiger partial charge in [-0.3, -0.25) is 9.78 Å². The van der Waals surface area contributed by atoms with E-state index in [4.69, 9.17) is 0 Å². The van der Waals surface area contributed by atoms with Crippen LogP contribution in [0.2, 0.25) is 0 Å². The lowest BCUT2D eigenvalue weighted by Crippen LogP contribution is -2.44. The van der Waals surface area contributed by atoms with Crippen LogP contribution in [0.3, 0.4) is 0 Å². The topological polar surface area (TPSA) is 58.1 Å². The van der Waals surface area contributed by atoms with Crippen LogP contribution in [-0.4, -0.2) is 35.0 Å². The summed E-state index contributed by atoms with van der Waals surface area (Å²) in [6, 6.07) is 10.3. The number of thiazole rings is 1. The van der Waals surface area contributed by atoms with Crippen LogP contribution in [0, 0.1) is 6.92 Å². The first-order valence-electron chi connectivity index (χ1n) is 9.16. The van der Waals surface area contributed by atoms with E-state index in [1.54, 1.807) is 23.7 Å². The van der Waals surface area contributed by atoms with Gasteiger partial charge < -0.3 is 10.2 Å². The lowest BCUT2D eigenvalue weighted by Gasteiger charge is -2.32. The first kappa shape index (κ1) is 17.7. The van der Waals surface area contributed by atoms with Crippen molar-refractivity contribution < 1.29 is 4.79 Å². The van der Waals surface area contributed by atoms with Gasteiger partial charge in [-0.1, -0.05) is 29.8 Å². The monoisotopic (exact) mass is 378 g/mol. The summed E-state index contributed by atoms with van der Waals surface area (Å²) in [6.07, 6.45) is 7.13. The standard InChI is InChI=1S/C21H22N4OS/c1-15-3-2-4-16(11-15)17-12-18(14-22-13-17)20(26)24-19-5-8-25(9-6-19)21-23-7-10-27-21/h2-4,7,10-14,19H,5-6,8-9H2,1H3,(H,24,26). The molecule has 2 aromatic heterocycles. The molecule has 1 amide bonds. The normalized spacial score (nSPS) is 14.9. The number of hydrogen-bond acceptors (Lipinski definition) is 5. The molecule has 4 rings (SSSR count). The smallest absolute Gasteiger partial charge is 0.253 e. The molecule has 0 atom stereocenters. The van der Waals surface area contributed by atoms with Gasteiger partial charge in [0.05, 0.1) is 5.56 Å². The molecule has 1 N–H and O–H groups in total. The van der Waals surface area contributed by atoms with E-state index in [9.17, 15) is 4.79 Å². The summed E-state index contributed by atoms with van der Waals surface area (Å²) in [5.41, 5.74) is 3.84. The molecule has 0 radical (unpaired) electrons. The average molecular weight is 379 g/mol. The fourth-order valence-corrected chi connectivity index (χ4v) is 4.10. The number of aromatic nitrogens is 2. The van der Waals surface area contributed by atoms with Gasteiger partial charge in [0.15, 0.2) is 5.13 Å². The van der Waals surface area contributed by atoms with E-state index < -0.39 is 0 Å². The lowest BCUT2D eigenvalue weighted by atomic mass is 10.0. The Morgan fingerprint density at radius 3 is 2.78 bits per heavy atom. The molecular formula is C21H22N4OS. The van der Waals surface area contributed by atoms with Crippen molar-refractivity contribution >= 4 is 22.4 Å². The molecule has 1 aliphatic rings. The Morgan fingerprint density at radius 2 is 2.04 bits per heavy atom. The van der Waals surface area contributed by atoms with Crippen molar-refractivity contribution in [2.45, 2.75) is 25.8 Å². The first-order chi connectivity index (χ1) is 13.2. The van der Waals surface area contributed by atoms with Gasteiger partial charge in [0.1, 0.15) is 0 Å². The van der Waals surface area contributed by atoms with Crippen LogP contribution in [0.5, 0.6) is 0 Å². The highest BCUT2D eigenvalue weighted by atomic mass is 32.1. The Bertz CT molecular complexity index is 917. The summed E-state index contributed by atoms with van der Waals surface area (Å²) >= 11 is 1.66. The molecule has 5 nitrogen and oxygen atoms in total. The Kier molecular flexibility index (Phi) is 5.16. The van der Waals surface area contributed by atoms with Crippen molar-refractivity contribution in [3.05, 3.63) is 65.4 Å². The summed E-state index contributed by atoms with van der Waals surface area (Å²) in [7, 11) is 0. The third-order valence-electron chi connectivity index (χ3n) is 4.87. The van der Waals surface area contributed by atoms with Crippen LogP contribution in [0.1, 0.15) is 28.8 Å². The lowest BCUT2D eigenvalue weighted by molar-refractivity contribution is 0.0931. The van der Waals surface area contributed by atoms with Crippen LogP contribution in [0.25, 0.3) is 11.1 Å². The number of carbonyl (C=O) groups excluding carboxylic acids is 1. The minimum atomic E-state index is -0.0512. The number of aryl methyl sites for hydroxylation is 1. The van der Waals surface area contributed by atoms with E-state index in [0.717, 1.165) is 42.2 Å². The van der Waals surface area contributed by atoms with Gasteiger partial charge in [0.2, 0.25) is 0 Å². The second kappa shape index (κ2) is 7.88. The molecule has 0 aliphatic carbocycles. The van der Waals surface area contributed by atoms with Gasteiger partial charge >= 0.3 is 0 Å². The van der Waals surface area contributed by atoms with Crippen molar-refractivity contribution in [1.29, 1.82) is 0 Å². The summed E-state index contributed by atoms with van der Waals surface area (Å²) < 4.78 is 0. The molecule has 0 saturated carbocycles. The highest BCUT2D eigenvalue weighted by molar-refractivity contribution is 7.13. The molecular weight excluding hydrogens is 356 g/mol. The number of nitrogens with one attached hydrogen (secondary N) is 1. The SMILES string of the molecule is Cc1cccc(-c2cncc(C(=O)NC3CCN(c4nccs4)CC3)c2)c1. The Balaban J connectivity index is 1.40. The fourth-order valence-electron chi connectivity index (χ4n) is 3.40. The molecule has 0 unspecified atom stereocenters. The molecule has 0 spiro atoms. The van der Waals surface area contributed by atoms with E-state index in [1.807, 2.05) is 29.8 Å². The Hall–Kier alpha value is -2.73. The summed E-state index contributed by atoms with van der Waals surface area (Å²) in [5, 5.41) is 6.23. The third kappa shape index (κ3) is 4.17. The number of hydrogen-bond donors (Lipinski definition) is 1. The minimum absolute atomic E-state index is 0.0512. The van der Waals surface area contributed by atoms with Crippen molar-refractivity contribution in [2.75, 3.05) is 18.0 Å². The zero-order valence-corrected chi connectivity index (χ0v) is 16.1. The van der Waals surface area contributed by atoms with Crippen LogP contribution in [0.4, 0.5) is 5.13 Å². The number of rotatable bonds is 4. The van der Waals surface area contributed by atoms with Gasteiger partial charge in [0, 0.05) is 48.7 Å². The number of anilines is 1. The van der Waals surface area contributed by atoms with Crippen molar-refractivity contribution in [1.82, 2.24) is 15.3 Å². The molecule has 6 heteroatoms. The number of carbonyl (C=O) groups is 1. The summed E-state index contributed by atoms with van der Waals surface area (Å²) in [5.74, 6) is -0.0512. The number of piperidine rings is 1. The van der Waals surface area contributed by atoms with Crippen molar-refractivity contribution in [3.8, 4) is 11.1 Å². The average Bonchev–Trinajstić information content (AvgIpc) is 3.23. The number of benzene rings is 1. The Labute approximate surface area is 163 Å². The summed E-state index contributed by atoms with van der Waals surface area (Å²) in [6.45, 7) is 3.89. The second-order valence-electron chi connectivity index (χ2n) is 6.88. The number of amides is 1. The molecule has 1 aromatic carbocycles. The van der Waals surface area contributed by atoms with Crippen LogP contribution in [0.15, 0.2) is 54.3 Å². The van der Waals surface area contributed by atoms with Crippen LogP contribution >= 0.6 is 11.3 Å². The highest BCUT2D eigenvalue weighted by Crippen LogP contribution is 2.23. The predicted octanol–water partition coefficient (Wildman–Crippen LogP) is 3.91. The molecule has 3 aromatic rings. The second-order valence-corrected chi connectivity index (χ2v) is 7.75. The summed E-state index contributed by atoms with van der Waals surface area (Å²) in [4.78, 5) is 23.6. The quantitative estimate of drug-likeness (QED) is 0.748. The maximum absolute atomic E-state index is 12.7. The van der Waals surface area contributed by atoms with E-state index in [1.165, 1.54) is 5.56 Å². The highest BCUT2D eigenvalue weighted by Gasteiger charge is 2.22. The number of nitrogens with zero attached hydrogens (tertiary/aromatic N) is 3. The van der Waals surface area contributed by atoms with Gasteiger partial charge in [-0.05, 0) is 31.4 Å². The third-order valence-corrected chi connectivity index (χ3v) is 5.70. The van der Waals surface area contributed by atoms with Crippen LogP contribution < -0.4 is 10.2 Å². The molecule has 138 valence electrons. The van der Waals surface area contributed by atoms with Crippen molar-refractivity contribution in [3.63, 3.8) is 0 Å². The predicted molar refractivity (Wildman–Crippen MR) is 109 cm³/mol. The van der Waals surface area contributed by atoms with Gasteiger partial charge in [0.25, 0.3) is 5.91 Å². The van der Waals surface area contributed by atoms with Gasteiger partial charge in [-0.15, -0.1) is 11.3 Å². The molecule has 1 fully saturated rings. The maximum Gasteiger partial charge on any atom is 0.253 e. The van der Waals surface area contributed by atoms with E-state index in [0.29, 0.717) is 5.56 Å². The molecule has 0 bridgehead atoms. The van der Waals surface area contributed by atoms with E-state index >= 15 is 0 Å². The Morgan fingerprint density at radius 1 is 1.19 bits per heavy atom. The van der Waals surface area contributed by atoms with Gasteiger partial charge in [-0.2, -0.15) is 0 Å². The minimum Gasteiger partial charge on any atom is -0.349 e.